The molecule has 1 rings (SSSR count). The molecule has 2 nitrogen and oxygen atoms in total. The van der Waals surface area contributed by atoms with Gasteiger partial charge in [-0.1, -0.05) is 38.5 Å². The molecule has 1 aliphatic heterocycles. The minimum atomic E-state index is -0.00393. The number of hydrogen-bond donors (Lipinski definition) is 0. The molecule has 0 aromatic rings. The van der Waals surface area contributed by atoms with Crippen molar-refractivity contribution in [2.24, 2.45) is 0 Å². The maximum absolute atomic E-state index is 5.53. The lowest BCUT2D eigenvalue weighted by atomic mass is 10.1. The highest BCUT2D eigenvalue weighted by atomic mass is 16.7. The van der Waals surface area contributed by atoms with E-state index in [1.165, 1.54) is 51.4 Å². The van der Waals surface area contributed by atoms with E-state index in [2.05, 4.69) is 0 Å². The van der Waals surface area contributed by atoms with Crippen LogP contribution in [0.5, 0.6) is 0 Å². The van der Waals surface area contributed by atoms with Crippen molar-refractivity contribution in [1.29, 1.82) is 0 Å². The Hall–Kier alpha value is -0.0800. The highest BCUT2D eigenvalue weighted by Crippen LogP contribution is 2.10. The van der Waals surface area contributed by atoms with Crippen molar-refractivity contribution < 1.29 is 9.47 Å². The maximum atomic E-state index is 5.53. The molecule has 14 heavy (non-hydrogen) atoms. The van der Waals surface area contributed by atoms with Crippen LogP contribution in [0.3, 0.4) is 0 Å². The number of ether oxygens (including phenoxy) is 2. The van der Waals surface area contributed by atoms with E-state index in [1.54, 1.807) is 0 Å². The summed E-state index contributed by atoms with van der Waals surface area (Å²) in [6.45, 7) is 3.72. The zero-order valence-corrected chi connectivity index (χ0v) is 9.46. The van der Waals surface area contributed by atoms with Gasteiger partial charge in [-0.2, -0.15) is 0 Å². The molecule has 2 heteroatoms. The molecule has 0 N–H and O–H groups in total. The first-order valence-electron chi connectivity index (χ1n) is 6.13. The van der Waals surface area contributed by atoms with Gasteiger partial charge in [0.1, 0.15) is 0 Å². The van der Waals surface area contributed by atoms with Crippen LogP contribution in [0.4, 0.5) is 0 Å². The molecule has 1 aliphatic rings. The van der Waals surface area contributed by atoms with Gasteiger partial charge in [0, 0.05) is 13.2 Å². The summed E-state index contributed by atoms with van der Waals surface area (Å²) in [5.41, 5.74) is 0. The van der Waals surface area contributed by atoms with E-state index in [9.17, 15) is 0 Å². The number of hydrogen-bond acceptors (Lipinski definition) is 2. The fourth-order valence-electron chi connectivity index (χ4n) is 1.81. The van der Waals surface area contributed by atoms with Gasteiger partial charge >= 0.3 is 0 Å². The summed E-state index contributed by atoms with van der Waals surface area (Å²) in [4.78, 5) is 0. The second-order valence-corrected chi connectivity index (χ2v) is 4.14. The maximum Gasteiger partial charge on any atom is 0.154 e. The lowest BCUT2D eigenvalue weighted by Crippen LogP contribution is -2.14. The first kappa shape index (κ1) is 12.0. The summed E-state index contributed by atoms with van der Waals surface area (Å²) in [6.07, 6.45) is 10.5. The zero-order chi connectivity index (χ0) is 10.1. The van der Waals surface area contributed by atoms with Gasteiger partial charge in [0.15, 0.2) is 6.29 Å². The van der Waals surface area contributed by atoms with Gasteiger partial charge < -0.3 is 9.47 Å². The molecule has 0 aromatic carbocycles. The molecule has 0 aliphatic carbocycles. The highest BCUT2D eigenvalue weighted by Gasteiger charge is 2.02. The lowest BCUT2D eigenvalue weighted by Gasteiger charge is -2.13. The Balaban J connectivity index is 2.12. The van der Waals surface area contributed by atoms with Gasteiger partial charge in [-0.25, -0.2) is 0 Å². The molecule has 0 aromatic heterocycles. The summed E-state index contributed by atoms with van der Waals surface area (Å²) >= 11 is 0. The molecule has 0 atom stereocenters. The Morgan fingerprint density at radius 2 is 1.00 bits per heavy atom. The predicted molar refractivity (Wildman–Crippen MR) is 58.3 cm³/mol. The molecule has 1 heterocycles. The van der Waals surface area contributed by atoms with Crippen LogP contribution in [0.25, 0.3) is 0 Å². The first-order valence-corrected chi connectivity index (χ1v) is 6.13. The predicted octanol–water partition coefficient (Wildman–Crippen LogP) is 3.50. The topological polar surface area (TPSA) is 18.5 Å². The van der Waals surface area contributed by atoms with Crippen LogP contribution in [0.1, 0.15) is 58.3 Å². The smallest absolute Gasteiger partial charge is 0.154 e. The summed E-state index contributed by atoms with van der Waals surface area (Å²) < 4.78 is 11.1. The van der Waals surface area contributed by atoms with Crippen LogP contribution in [0.15, 0.2) is 0 Å². The Bertz CT molecular complexity index is 111. The van der Waals surface area contributed by atoms with Crippen LogP contribution >= 0.6 is 0 Å². The van der Waals surface area contributed by atoms with Crippen molar-refractivity contribution in [2.45, 2.75) is 64.6 Å². The molecular formula is C12H24O2. The summed E-state index contributed by atoms with van der Waals surface area (Å²) in [6, 6.07) is 0. The molecule has 0 bridgehead atoms. The van der Waals surface area contributed by atoms with E-state index in [-0.39, 0.29) is 6.29 Å². The first-order chi connectivity index (χ1) is 6.89. The molecule has 1 saturated heterocycles. The molecule has 0 spiro atoms. The van der Waals surface area contributed by atoms with Crippen LogP contribution in [-0.4, -0.2) is 19.5 Å². The summed E-state index contributed by atoms with van der Waals surface area (Å²) in [7, 11) is 0. The van der Waals surface area contributed by atoms with Gasteiger partial charge in [-0.15, -0.1) is 0 Å². The Labute approximate surface area is 88.0 Å². The Kier molecular flexibility index (Phi) is 7.06. The van der Waals surface area contributed by atoms with E-state index in [0.29, 0.717) is 0 Å². The van der Waals surface area contributed by atoms with Gasteiger partial charge in [0.25, 0.3) is 0 Å². The van der Waals surface area contributed by atoms with Crippen LogP contribution < -0.4 is 0 Å². The largest absolute Gasteiger partial charge is 0.353 e. The SMILES string of the molecule is CC1OCCCCCCCCCCO1. The van der Waals surface area contributed by atoms with Crippen LogP contribution in [0, 0.1) is 0 Å². The Morgan fingerprint density at radius 1 is 0.643 bits per heavy atom. The summed E-state index contributed by atoms with van der Waals surface area (Å²) in [5, 5.41) is 0. The minimum absolute atomic E-state index is 0.00393. The second kappa shape index (κ2) is 8.25. The molecular weight excluding hydrogens is 176 g/mol. The average Bonchev–Trinajstić information content (AvgIpc) is 2.20. The molecule has 0 radical (unpaired) electrons. The molecule has 1 fully saturated rings. The second-order valence-electron chi connectivity index (χ2n) is 4.14. The van der Waals surface area contributed by atoms with E-state index in [4.69, 9.17) is 9.47 Å². The van der Waals surface area contributed by atoms with Gasteiger partial charge in [0.05, 0.1) is 0 Å². The van der Waals surface area contributed by atoms with E-state index in [1.807, 2.05) is 6.92 Å². The zero-order valence-electron chi connectivity index (χ0n) is 9.46. The van der Waals surface area contributed by atoms with Gasteiger partial charge in [-0.05, 0) is 19.8 Å². The third-order valence-electron chi connectivity index (χ3n) is 2.74. The van der Waals surface area contributed by atoms with E-state index in [0.717, 1.165) is 13.2 Å². The normalized spacial score (nSPS) is 24.6. The molecule has 0 unspecified atom stereocenters. The monoisotopic (exact) mass is 200 g/mol. The van der Waals surface area contributed by atoms with E-state index >= 15 is 0 Å². The fraction of sp³-hybridized carbons (Fsp3) is 1.00. The van der Waals surface area contributed by atoms with Crippen LogP contribution in [0.2, 0.25) is 0 Å². The lowest BCUT2D eigenvalue weighted by molar-refractivity contribution is -0.131. The van der Waals surface area contributed by atoms with Crippen molar-refractivity contribution in [2.75, 3.05) is 13.2 Å². The van der Waals surface area contributed by atoms with Gasteiger partial charge in [-0.3, -0.25) is 0 Å². The third kappa shape index (κ3) is 6.39. The van der Waals surface area contributed by atoms with E-state index < -0.39 is 0 Å². The fourth-order valence-corrected chi connectivity index (χ4v) is 1.81. The van der Waals surface area contributed by atoms with Crippen molar-refractivity contribution in [1.82, 2.24) is 0 Å². The standard InChI is InChI=1S/C12H24O2/c1-12-13-10-8-6-4-2-3-5-7-9-11-14-12/h12H,2-11H2,1H3. The van der Waals surface area contributed by atoms with Crippen LogP contribution in [-0.2, 0) is 9.47 Å². The van der Waals surface area contributed by atoms with Crippen molar-refractivity contribution in [3.8, 4) is 0 Å². The van der Waals surface area contributed by atoms with Crippen molar-refractivity contribution >= 4 is 0 Å². The average molecular weight is 200 g/mol. The Morgan fingerprint density at radius 3 is 1.43 bits per heavy atom. The molecule has 0 saturated carbocycles. The number of rotatable bonds is 0. The molecule has 0 amide bonds. The van der Waals surface area contributed by atoms with Gasteiger partial charge in [0.2, 0.25) is 0 Å². The quantitative estimate of drug-likeness (QED) is 0.596. The summed E-state index contributed by atoms with van der Waals surface area (Å²) in [5.74, 6) is 0. The van der Waals surface area contributed by atoms with Crippen molar-refractivity contribution in [3.63, 3.8) is 0 Å². The highest BCUT2D eigenvalue weighted by molar-refractivity contribution is 4.48. The molecule has 84 valence electrons. The van der Waals surface area contributed by atoms with Crippen molar-refractivity contribution in [3.05, 3.63) is 0 Å². The third-order valence-corrected chi connectivity index (χ3v) is 2.74. The minimum Gasteiger partial charge on any atom is -0.353 e.